The van der Waals surface area contributed by atoms with Crippen LogP contribution in [0.3, 0.4) is 0 Å². The molecule has 0 unspecified atom stereocenters. The van der Waals surface area contributed by atoms with Gasteiger partial charge in [0.05, 0.1) is 6.61 Å². The van der Waals surface area contributed by atoms with Crippen molar-refractivity contribution in [2.75, 3.05) is 6.61 Å². The van der Waals surface area contributed by atoms with Crippen molar-refractivity contribution >= 4 is 5.78 Å². The average molecular weight is 268 g/mol. The number of carbonyl (C=O) groups is 1. The van der Waals surface area contributed by atoms with Crippen LogP contribution in [0.4, 0.5) is 0 Å². The van der Waals surface area contributed by atoms with E-state index in [0.717, 1.165) is 5.56 Å². The summed E-state index contributed by atoms with van der Waals surface area (Å²) >= 11 is 0. The maximum absolute atomic E-state index is 12.6. The Morgan fingerprint density at radius 1 is 0.950 bits per heavy atom. The van der Waals surface area contributed by atoms with Crippen LogP contribution >= 0.6 is 0 Å². The molecule has 104 valence electrons. The van der Waals surface area contributed by atoms with Gasteiger partial charge in [0, 0.05) is 5.56 Å². The number of Topliss-reactive ketones (excluding diaryl/α,β-unsaturated/α-hetero) is 1. The van der Waals surface area contributed by atoms with Crippen molar-refractivity contribution in [3.05, 3.63) is 71.8 Å². The first-order valence-electron chi connectivity index (χ1n) is 6.94. The molecule has 0 aliphatic heterocycles. The minimum Gasteiger partial charge on any atom is -0.365 e. The van der Waals surface area contributed by atoms with Crippen LogP contribution < -0.4 is 0 Å². The Hall–Kier alpha value is -1.93. The molecule has 1 atom stereocenters. The lowest BCUT2D eigenvalue weighted by Crippen LogP contribution is -2.18. The van der Waals surface area contributed by atoms with Gasteiger partial charge < -0.3 is 4.74 Å². The Morgan fingerprint density at radius 2 is 1.50 bits per heavy atom. The molecular weight excluding hydrogens is 248 g/mol. The second kappa shape index (κ2) is 7.01. The molecule has 2 aromatic rings. The highest BCUT2D eigenvalue weighted by Gasteiger charge is 2.22. The van der Waals surface area contributed by atoms with Crippen molar-refractivity contribution in [1.82, 2.24) is 0 Å². The van der Waals surface area contributed by atoms with Gasteiger partial charge in [0.2, 0.25) is 0 Å². The topological polar surface area (TPSA) is 26.3 Å². The fraction of sp³-hybridized carbons (Fsp3) is 0.278. The highest BCUT2D eigenvalue weighted by Crippen LogP contribution is 2.23. The zero-order valence-electron chi connectivity index (χ0n) is 12.0. The van der Waals surface area contributed by atoms with Crippen LogP contribution in [0.2, 0.25) is 0 Å². The van der Waals surface area contributed by atoms with Crippen molar-refractivity contribution in [3.8, 4) is 0 Å². The van der Waals surface area contributed by atoms with E-state index in [1.807, 2.05) is 60.7 Å². The molecule has 0 aliphatic carbocycles. The SMILES string of the molecule is CC(C)CO[C@H](C(=O)c1ccccc1)c1ccccc1. The number of rotatable bonds is 6. The Labute approximate surface area is 120 Å². The Kier molecular flexibility index (Phi) is 5.08. The molecule has 0 aliphatic rings. The highest BCUT2D eigenvalue weighted by atomic mass is 16.5. The zero-order chi connectivity index (χ0) is 14.4. The lowest BCUT2D eigenvalue weighted by atomic mass is 10.00. The van der Waals surface area contributed by atoms with Crippen molar-refractivity contribution in [2.45, 2.75) is 20.0 Å². The van der Waals surface area contributed by atoms with Gasteiger partial charge in [0.25, 0.3) is 0 Å². The summed E-state index contributed by atoms with van der Waals surface area (Å²) in [5.41, 5.74) is 1.59. The standard InChI is InChI=1S/C18H20O2/c1-14(2)13-20-18(16-11-7-4-8-12-16)17(19)15-9-5-3-6-10-15/h3-12,14,18H,13H2,1-2H3/t18-/m0/s1. The number of ketones is 1. The molecule has 2 rings (SSSR count). The number of benzene rings is 2. The maximum Gasteiger partial charge on any atom is 0.196 e. The average Bonchev–Trinajstić information content (AvgIpc) is 2.49. The van der Waals surface area contributed by atoms with E-state index in [1.165, 1.54) is 0 Å². The molecule has 0 spiro atoms. The molecule has 0 amide bonds. The minimum atomic E-state index is -0.527. The quantitative estimate of drug-likeness (QED) is 0.731. The largest absolute Gasteiger partial charge is 0.365 e. The third kappa shape index (κ3) is 3.78. The fourth-order valence-electron chi connectivity index (χ4n) is 1.99. The Balaban J connectivity index is 2.25. The van der Waals surface area contributed by atoms with Gasteiger partial charge in [0.1, 0.15) is 6.10 Å². The molecule has 0 saturated heterocycles. The van der Waals surface area contributed by atoms with Gasteiger partial charge in [-0.25, -0.2) is 0 Å². The lowest BCUT2D eigenvalue weighted by molar-refractivity contribution is 0.0308. The van der Waals surface area contributed by atoms with Gasteiger partial charge in [0.15, 0.2) is 5.78 Å². The summed E-state index contributed by atoms with van der Waals surface area (Å²) in [7, 11) is 0. The molecule has 2 nitrogen and oxygen atoms in total. The molecule has 0 bridgehead atoms. The normalized spacial score (nSPS) is 12.3. The van der Waals surface area contributed by atoms with Crippen LogP contribution in [-0.4, -0.2) is 12.4 Å². The van der Waals surface area contributed by atoms with E-state index < -0.39 is 6.10 Å². The maximum atomic E-state index is 12.6. The van der Waals surface area contributed by atoms with E-state index in [4.69, 9.17) is 4.74 Å². The summed E-state index contributed by atoms with van der Waals surface area (Å²) in [4.78, 5) is 12.6. The van der Waals surface area contributed by atoms with Crippen molar-refractivity contribution in [3.63, 3.8) is 0 Å². The van der Waals surface area contributed by atoms with Crippen LogP contribution in [-0.2, 0) is 4.74 Å². The van der Waals surface area contributed by atoms with E-state index in [1.54, 1.807) is 0 Å². The van der Waals surface area contributed by atoms with E-state index in [2.05, 4.69) is 13.8 Å². The third-order valence-electron chi connectivity index (χ3n) is 2.99. The summed E-state index contributed by atoms with van der Waals surface area (Å²) < 4.78 is 5.86. The summed E-state index contributed by atoms with van der Waals surface area (Å²) in [5, 5.41) is 0. The van der Waals surface area contributed by atoms with Crippen LogP contribution in [0.5, 0.6) is 0 Å². The second-order valence-corrected chi connectivity index (χ2v) is 5.25. The zero-order valence-corrected chi connectivity index (χ0v) is 12.0. The van der Waals surface area contributed by atoms with Gasteiger partial charge in [-0.1, -0.05) is 74.5 Å². The van der Waals surface area contributed by atoms with Crippen molar-refractivity contribution in [2.24, 2.45) is 5.92 Å². The summed E-state index contributed by atoms with van der Waals surface area (Å²) in [6.45, 7) is 4.72. The molecule has 0 N–H and O–H groups in total. The van der Waals surface area contributed by atoms with Crippen LogP contribution in [0.15, 0.2) is 60.7 Å². The second-order valence-electron chi connectivity index (χ2n) is 5.25. The molecule has 2 aromatic carbocycles. The minimum absolute atomic E-state index is 0.0115. The van der Waals surface area contributed by atoms with Crippen LogP contribution in [0, 0.1) is 5.92 Å². The van der Waals surface area contributed by atoms with Crippen LogP contribution in [0.1, 0.15) is 35.9 Å². The first-order chi connectivity index (χ1) is 9.68. The monoisotopic (exact) mass is 268 g/mol. The molecule has 2 heteroatoms. The fourth-order valence-corrected chi connectivity index (χ4v) is 1.99. The van der Waals surface area contributed by atoms with Gasteiger partial charge in [-0.3, -0.25) is 4.79 Å². The van der Waals surface area contributed by atoms with E-state index in [-0.39, 0.29) is 5.78 Å². The molecule has 0 aromatic heterocycles. The number of hydrogen-bond donors (Lipinski definition) is 0. The molecule has 0 fully saturated rings. The molecule has 20 heavy (non-hydrogen) atoms. The Morgan fingerprint density at radius 3 is 2.05 bits per heavy atom. The van der Waals surface area contributed by atoms with Gasteiger partial charge in [-0.2, -0.15) is 0 Å². The lowest BCUT2D eigenvalue weighted by Gasteiger charge is -2.18. The molecule has 0 radical (unpaired) electrons. The highest BCUT2D eigenvalue weighted by molar-refractivity contribution is 6.00. The molecular formula is C18H20O2. The van der Waals surface area contributed by atoms with E-state index in [9.17, 15) is 4.79 Å². The smallest absolute Gasteiger partial charge is 0.196 e. The van der Waals surface area contributed by atoms with Gasteiger partial charge >= 0.3 is 0 Å². The predicted octanol–water partition coefficient (Wildman–Crippen LogP) is 4.28. The van der Waals surface area contributed by atoms with Crippen LogP contribution in [0.25, 0.3) is 0 Å². The number of ether oxygens (including phenoxy) is 1. The number of hydrogen-bond acceptors (Lipinski definition) is 2. The number of carbonyl (C=O) groups excluding carboxylic acids is 1. The first kappa shape index (κ1) is 14.5. The predicted molar refractivity (Wildman–Crippen MR) is 80.7 cm³/mol. The molecule has 0 heterocycles. The van der Waals surface area contributed by atoms with Crippen molar-refractivity contribution in [1.29, 1.82) is 0 Å². The summed E-state index contributed by atoms with van der Waals surface area (Å²) in [6.07, 6.45) is -0.527. The Bertz CT molecular complexity index is 532. The van der Waals surface area contributed by atoms with Crippen molar-refractivity contribution < 1.29 is 9.53 Å². The third-order valence-corrected chi connectivity index (χ3v) is 2.99. The van der Waals surface area contributed by atoms with E-state index >= 15 is 0 Å². The summed E-state index contributed by atoms with van der Waals surface area (Å²) in [6, 6.07) is 19.0. The van der Waals surface area contributed by atoms with E-state index in [0.29, 0.717) is 18.1 Å². The molecule has 0 saturated carbocycles. The van der Waals surface area contributed by atoms with Gasteiger partial charge in [-0.15, -0.1) is 0 Å². The first-order valence-corrected chi connectivity index (χ1v) is 6.94. The summed E-state index contributed by atoms with van der Waals surface area (Å²) in [5.74, 6) is 0.405. The van der Waals surface area contributed by atoms with Gasteiger partial charge in [-0.05, 0) is 11.5 Å².